The van der Waals surface area contributed by atoms with E-state index in [2.05, 4.69) is 34.2 Å². The molecule has 0 amide bonds. The molecule has 0 aromatic carbocycles. The average molecular weight is 265 g/mol. The standard InChI is InChI=1S/C14H27N5/c1-6-7-8-19(5)13-9-12(17-11(2)18-13)16-10-14(3,4)15/h9H,6-8,10,15H2,1-5H3,(H,16,17,18). The van der Waals surface area contributed by atoms with E-state index >= 15 is 0 Å². The Balaban J connectivity index is 2.76. The van der Waals surface area contributed by atoms with E-state index in [0.717, 1.165) is 30.4 Å². The van der Waals surface area contributed by atoms with Gasteiger partial charge < -0.3 is 16.0 Å². The van der Waals surface area contributed by atoms with Crippen molar-refractivity contribution in [3.8, 4) is 0 Å². The molecule has 1 aromatic rings. The second-order valence-electron chi connectivity index (χ2n) is 5.78. The molecule has 0 saturated carbocycles. The predicted octanol–water partition coefficient (Wildman–Crippen LogP) is 2.17. The second-order valence-corrected chi connectivity index (χ2v) is 5.78. The van der Waals surface area contributed by atoms with E-state index in [-0.39, 0.29) is 5.54 Å². The maximum atomic E-state index is 5.97. The number of anilines is 2. The maximum absolute atomic E-state index is 5.97. The quantitative estimate of drug-likeness (QED) is 0.791. The highest BCUT2D eigenvalue weighted by atomic mass is 15.2. The third kappa shape index (κ3) is 5.87. The number of hydrogen-bond donors (Lipinski definition) is 2. The Hall–Kier alpha value is -1.36. The summed E-state index contributed by atoms with van der Waals surface area (Å²) in [6, 6.07) is 1.98. The number of aromatic nitrogens is 2. The molecule has 0 unspecified atom stereocenters. The molecule has 1 rings (SSSR count). The molecule has 0 spiro atoms. The van der Waals surface area contributed by atoms with Gasteiger partial charge in [0.1, 0.15) is 17.5 Å². The fourth-order valence-corrected chi connectivity index (χ4v) is 1.67. The van der Waals surface area contributed by atoms with Gasteiger partial charge in [0, 0.05) is 31.7 Å². The number of hydrogen-bond acceptors (Lipinski definition) is 5. The SMILES string of the molecule is CCCCN(C)c1cc(NCC(C)(C)N)nc(C)n1. The Labute approximate surface area is 116 Å². The molecule has 5 nitrogen and oxygen atoms in total. The molecule has 1 heterocycles. The fourth-order valence-electron chi connectivity index (χ4n) is 1.67. The number of aryl methyl sites for hydroxylation is 1. The highest BCUT2D eigenvalue weighted by Crippen LogP contribution is 2.15. The molecule has 0 aliphatic rings. The van der Waals surface area contributed by atoms with Gasteiger partial charge >= 0.3 is 0 Å². The van der Waals surface area contributed by atoms with Crippen LogP contribution in [0.2, 0.25) is 0 Å². The molecular weight excluding hydrogens is 238 g/mol. The normalized spacial score (nSPS) is 11.5. The zero-order valence-electron chi connectivity index (χ0n) is 12.8. The molecule has 5 heteroatoms. The van der Waals surface area contributed by atoms with Crippen molar-refractivity contribution in [2.75, 3.05) is 30.4 Å². The summed E-state index contributed by atoms with van der Waals surface area (Å²) < 4.78 is 0. The molecule has 19 heavy (non-hydrogen) atoms. The lowest BCUT2D eigenvalue weighted by Gasteiger charge is -2.21. The third-order valence-electron chi connectivity index (χ3n) is 2.79. The van der Waals surface area contributed by atoms with Crippen LogP contribution in [-0.4, -0.2) is 35.6 Å². The first-order chi connectivity index (χ1) is 8.81. The zero-order valence-corrected chi connectivity index (χ0v) is 12.8. The number of nitrogens with two attached hydrogens (primary N) is 1. The molecule has 1 aromatic heterocycles. The smallest absolute Gasteiger partial charge is 0.134 e. The zero-order chi connectivity index (χ0) is 14.5. The lowest BCUT2D eigenvalue weighted by atomic mass is 10.1. The largest absolute Gasteiger partial charge is 0.368 e. The Morgan fingerprint density at radius 1 is 1.37 bits per heavy atom. The van der Waals surface area contributed by atoms with Crippen molar-refractivity contribution in [1.82, 2.24) is 9.97 Å². The van der Waals surface area contributed by atoms with Crippen molar-refractivity contribution in [2.45, 2.75) is 46.1 Å². The van der Waals surface area contributed by atoms with Crippen molar-refractivity contribution in [2.24, 2.45) is 5.73 Å². The molecule has 3 N–H and O–H groups in total. The average Bonchev–Trinajstić information content (AvgIpc) is 2.32. The highest BCUT2D eigenvalue weighted by molar-refractivity contribution is 5.49. The first kappa shape index (κ1) is 15.7. The van der Waals surface area contributed by atoms with Crippen LogP contribution in [0.15, 0.2) is 6.07 Å². The van der Waals surface area contributed by atoms with Gasteiger partial charge in [-0.3, -0.25) is 0 Å². The van der Waals surface area contributed by atoms with E-state index in [1.165, 1.54) is 6.42 Å². The van der Waals surface area contributed by atoms with E-state index in [4.69, 9.17) is 5.73 Å². The second kappa shape index (κ2) is 6.70. The van der Waals surface area contributed by atoms with Crippen LogP contribution in [0.25, 0.3) is 0 Å². The fraction of sp³-hybridized carbons (Fsp3) is 0.714. The first-order valence-corrected chi connectivity index (χ1v) is 6.91. The van der Waals surface area contributed by atoms with Crippen LogP contribution < -0.4 is 16.0 Å². The molecule has 108 valence electrons. The van der Waals surface area contributed by atoms with Crippen LogP contribution >= 0.6 is 0 Å². The van der Waals surface area contributed by atoms with Crippen molar-refractivity contribution < 1.29 is 0 Å². The summed E-state index contributed by atoms with van der Waals surface area (Å²) in [4.78, 5) is 11.0. The summed E-state index contributed by atoms with van der Waals surface area (Å²) in [5, 5.41) is 3.27. The van der Waals surface area contributed by atoms with Gasteiger partial charge in [0.15, 0.2) is 0 Å². The van der Waals surface area contributed by atoms with Crippen LogP contribution in [0.1, 0.15) is 39.4 Å². The summed E-state index contributed by atoms with van der Waals surface area (Å²) in [6.07, 6.45) is 2.35. The van der Waals surface area contributed by atoms with Gasteiger partial charge in [-0.05, 0) is 27.2 Å². The van der Waals surface area contributed by atoms with E-state index in [1.807, 2.05) is 26.8 Å². The Bertz CT molecular complexity index is 397. The van der Waals surface area contributed by atoms with E-state index in [0.29, 0.717) is 6.54 Å². The number of unbranched alkanes of at least 4 members (excludes halogenated alkanes) is 1. The van der Waals surface area contributed by atoms with Gasteiger partial charge in [-0.25, -0.2) is 9.97 Å². The van der Waals surface area contributed by atoms with Crippen molar-refractivity contribution in [1.29, 1.82) is 0 Å². The molecule has 0 bridgehead atoms. The van der Waals surface area contributed by atoms with Gasteiger partial charge in [-0.1, -0.05) is 13.3 Å². The first-order valence-electron chi connectivity index (χ1n) is 6.91. The van der Waals surface area contributed by atoms with E-state index in [9.17, 15) is 0 Å². The molecule has 0 fully saturated rings. The topological polar surface area (TPSA) is 67.1 Å². The van der Waals surface area contributed by atoms with Crippen LogP contribution in [-0.2, 0) is 0 Å². The molecule has 0 atom stereocenters. The molecule has 0 radical (unpaired) electrons. The maximum Gasteiger partial charge on any atom is 0.134 e. The van der Waals surface area contributed by atoms with Crippen LogP contribution in [0.4, 0.5) is 11.6 Å². The molecule has 0 aliphatic heterocycles. The number of rotatable bonds is 7. The Kier molecular flexibility index (Phi) is 5.54. The number of nitrogens with one attached hydrogen (secondary N) is 1. The lowest BCUT2D eigenvalue weighted by molar-refractivity contribution is 0.548. The van der Waals surface area contributed by atoms with E-state index < -0.39 is 0 Å². The minimum Gasteiger partial charge on any atom is -0.368 e. The minimum atomic E-state index is -0.257. The summed E-state index contributed by atoms with van der Waals surface area (Å²) in [5.74, 6) is 2.57. The minimum absolute atomic E-state index is 0.257. The summed E-state index contributed by atoms with van der Waals surface area (Å²) >= 11 is 0. The van der Waals surface area contributed by atoms with Gasteiger partial charge in [0.2, 0.25) is 0 Å². The summed E-state index contributed by atoms with van der Waals surface area (Å²) in [7, 11) is 2.06. The molecule has 0 saturated heterocycles. The lowest BCUT2D eigenvalue weighted by Crippen LogP contribution is -2.39. The van der Waals surface area contributed by atoms with Crippen LogP contribution in [0.5, 0.6) is 0 Å². The summed E-state index contributed by atoms with van der Waals surface area (Å²) in [5.41, 5.74) is 5.71. The van der Waals surface area contributed by atoms with Crippen LogP contribution in [0, 0.1) is 6.92 Å². The van der Waals surface area contributed by atoms with Crippen LogP contribution in [0.3, 0.4) is 0 Å². The van der Waals surface area contributed by atoms with Gasteiger partial charge in [0.25, 0.3) is 0 Å². The van der Waals surface area contributed by atoms with E-state index in [1.54, 1.807) is 0 Å². The molecule has 0 aliphatic carbocycles. The van der Waals surface area contributed by atoms with Crippen molar-refractivity contribution >= 4 is 11.6 Å². The van der Waals surface area contributed by atoms with Crippen molar-refractivity contribution in [3.05, 3.63) is 11.9 Å². The van der Waals surface area contributed by atoms with Gasteiger partial charge in [-0.15, -0.1) is 0 Å². The number of nitrogens with zero attached hydrogens (tertiary/aromatic N) is 3. The highest BCUT2D eigenvalue weighted by Gasteiger charge is 2.12. The molecular formula is C14H27N5. The summed E-state index contributed by atoms with van der Waals surface area (Å²) in [6.45, 7) is 9.77. The van der Waals surface area contributed by atoms with Gasteiger partial charge in [0.05, 0.1) is 0 Å². The van der Waals surface area contributed by atoms with Gasteiger partial charge in [-0.2, -0.15) is 0 Å². The third-order valence-corrected chi connectivity index (χ3v) is 2.79. The van der Waals surface area contributed by atoms with Crippen molar-refractivity contribution in [3.63, 3.8) is 0 Å². The Morgan fingerprint density at radius 3 is 2.63 bits per heavy atom. The Morgan fingerprint density at radius 2 is 2.05 bits per heavy atom. The monoisotopic (exact) mass is 265 g/mol. The predicted molar refractivity (Wildman–Crippen MR) is 81.7 cm³/mol.